The van der Waals surface area contributed by atoms with Crippen molar-refractivity contribution in [3.8, 4) is 0 Å². The smallest absolute Gasteiger partial charge is 0.148 e. The minimum Gasteiger partial charge on any atom is -0.367 e. The number of hydrogen-bond donors (Lipinski definition) is 2. The van der Waals surface area contributed by atoms with Crippen LogP contribution in [0, 0.1) is 6.92 Å². The van der Waals surface area contributed by atoms with Gasteiger partial charge in [-0.2, -0.15) is 5.10 Å². The van der Waals surface area contributed by atoms with E-state index in [2.05, 4.69) is 15.5 Å². The van der Waals surface area contributed by atoms with E-state index in [4.69, 9.17) is 5.73 Å². The van der Waals surface area contributed by atoms with Crippen LogP contribution in [-0.4, -0.2) is 22.3 Å². The molecule has 0 bridgehead atoms. The van der Waals surface area contributed by atoms with E-state index in [9.17, 15) is 0 Å². The Bertz CT molecular complexity index is 260. The van der Waals surface area contributed by atoms with Crippen LogP contribution in [-0.2, 0) is 0 Å². The second kappa shape index (κ2) is 3.70. The molecule has 0 aliphatic carbocycles. The lowest BCUT2D eigenvalue weighted by molar-refractivity contribution is 0.548. The first-order chi connectivity index (χ1) is 5.97. The first-order valence-corrected chi connectivity index (χ1v) is 4.30. The van der Waals surface area contributed by atoms with Gasteiger partial charge in [0.1, 0.15) is 5.82 Å². The average molecular weight is 180 g/mol. The van der Waals surface area contributed by atoms with Crippen LogP contribution >= 0.6 is 0 Å². The molecule has 0 amide bonds. The van der Waals surface area contributed by atoms with Gasteiger partial charge in [-0.3, -0.25) is 0 Å². The maximum atomic E-state index is 5.80. The van der Waals surface area contributed by atoms with Crippen molar-refractivity contribution in [2.45, 2.75) is 26.3 Å². The summed E-state index contributed by atoms with van der Waals surface area (Å²) in [5, 5.41) is 11.0. The zero-order valence-corrected chi connectivity index (χ0v) is 8.33. The second-order valence-corrected chi connectivity index (χ2v) is 3.90. The number of aryl methyl sites for hydroxylation is 1. The standard InChI is InChI=1S/C9H16N4/c1-7-4-5-8(13-12-7)11-6-9(2,3)10/h4-5H,6,10H2,1-3H3,(H,11,13). The predicted molar refractivity (Wildman–Crippen MR) is 53.5 cm³/mol. The molecule has 0 saturated carbocycles. The Labute approximate surface area is 78.6 Å². The minimum absolute atomic E-state index is 0.230. The first-order valence-electron chi connectivity index (χ1n) is 4.30. The molecular formula is C9H16N4. The summed E-state index contributed by atoms with van der Waals surface area (Å²) in [4.78, 5) is 0. The van der Waals surface area contributed by atoms with Gasteiger partial charge in [0.15, 0.2) is 0 Å². The average Bonchev–Trinajstić information content (AvgIpc) is 2.02. The molecule has 0 unspecified atom stereocenters. The van der Waals surface area contributed by atoms with E-state index >= 15 is 0 Å². The fourth-order valence-electron chi connectivity index (χ4n) is 0.812. The Balaban J connectivity index is 2.51. The number of nitrogens with zero attached hydrogens (tertiary/aromatic N) is 2. The highest BCUT2D eigenvalue weighted by atomic mass is 15.2. The Kier molecular flexibility index (Phi) is 2.83. The maximum Gasteiger partial charge on any atom is 0.148 e. The van der Waals surface area contributed by atoms with Crippen LogP contribution in [0.25, 0.3) is 0 Å². The van der Waals surface area contributed by atoms with Crippen molar-refractivity contribution in [1.82, 2.24) is 10.2 Å². The van der Waals surface area contributed by atoms with Gasteiger partial charge in [-0.25, -0.2) is 0 Å². The topological polar surface area (TPSA) is 63.8 Å². The zero-order valence-electron chi connectivity index (χ0n) is 8.33. The van der Waals surface area contributed by atoms with E-state index in [1.165, 1.54) is 0 Å². The van der Waals surface area contributed by atoms with Crippen molar-refractivity contribution in [1.29, 1.82) is 0 Å². The predicted octanol–water partition coefficient (Wildman–Crippen LogP) is 0.934. The molecule has 13 heavy (non-hydrogen) atoms. The van der Waals surface area contributed by atoms with Gasteiger partial charge in [-0.05, 0) is 32.9 Å². The summed E-state index contributed by atoms with van der Waals surface area (Å²) >= 11 is 0. The number of rotatable bonds is 3. The van der Waals surface area contributed by atoms with Crippen LogP contribution in [0.5, 0.6) is 0 Å². The fourth-order valence-corrected chi connectivity index (χ4v) is 0.812. The molecule has 3 N–H and O–H groups in total. The number of anilines is 1. The van der Waals surface area contributed by atoms with E-state index < -0.39 is 0 Å². The molecule has 72 valence electrons. The Morgan fingerprint density at radius 1 is 1.38 bits per heavy atom. The van der Waals surface area contributed by atoms with Crippen LogP contribution in [0.15, 0.2) is 12.1 Å². The maximum absolute atomic E-state index is 5.80. The van der Waals surface area contributed by atoms with E-state index in [0.717, 1.165) is 11.5 Å². The molecule has 0 aliphatic heterocycles. The molecule has 1 aromatic heterocycles. The Morgan fingerprint density at radius 2 is 2.08 bits per heavy atom. The van der Waals surface area contributed by atoms with Crippen molar-refractivity contribution in [3.63, 3.8) is 0 Å². The summed E-state index contributed by atoms with van der Waals surface area (Å²) in [6.45, 7) is 6.51. The van der Waals surface area contributed by atoms with Gasteiger partial charge in [0.25, 0.3) is 0 Å². The monoisotopic (exact) mass is 180 g/mol. The lowest BCUT2D eigenvalue weighted by Crippen LogP contribution is -2.39. The Morgan fingerprint density at radius 3 is 2.54 bits per heavy atom. The first kappa shape index (κ1) is 9.92. The number of hydrogen-bond acceptors (Lipinski definition) is 4. The summed E-state index contributed by atoms with van der Waals surface area (Å²) in [5.41, 5.74) is 6.49. The molecule has 0 fully saturated rings. The number of nitrogens with one attached hydrogen (secondary N) is 1. The lowest BCUT2D eigenvalue weighted by Gasteiger charge is -2.18. The molecule has 0 saturated heterocycles. The second-order valence-electron chi connectivity index (χ2n) is 3.90. The van der Waals surface area contributed by atoms with Crippen LogP contribution < -0.4 is 11.1 Å². The summed E-state index contributed by atoms with van der Waals surface area (Å²) < 4.78 is 0. The SMILES string of the molecule is Cc1ccc(NCC(C)(C)N)nn1. The molecular weight excluding hydrogens is 164 g/mol. The van der Waals surface area contributed by atoms with Crippen molar-refractivity contribution >= 4 is 5.82 Å². The molecule has 1 heterocycles. The van der Waals surface area contributed by atoms with Crippen LogP contribution in [0.4, 0.5) is 5.82 Å². The summed E-state index contributed by atoms with van der Waals surface area (Å²) in [5.74, 6) is 0.768. The molecule has 0 atom stereocenters. The highest BCUT2D eigenvalue weighted by Gasteiger charge is 2.09. The van der Waals surface area contributed by atoms with Crippen LogP contribution in [0.2, 0.25) is 0 Å². The van der Waals surface area contributed by atoms with Crippen molar-refractivity contribution in [2.75, 3.05) is 11.9 Å². The summed E-state index contributed by atoms with van der Waals surface area (Å²) in [7, 11) is 0. The summed E-state index contributed by atoms with van der Waals surface area (Å²) in [6.07, 6.45) is 0. The highest BCUT2D eigenvalue weighted by molar-refractivity contribution is 5.33. The van der Waals surface area contributed by atoms with Gasteiger partial charge in [-0.1, -0.05) is 0 Å². The third-order valence-electron chi connectivity index (χ3n) is 1.52. The molecule has 0 radical (unpaired) electrons. The highest BCUT2D eigenvalue weighted by Crippen LogP contribution is 2.03. The lowest BCUT2D eigenvalue weighted by atomic mass is 10.1. The van der Waals surface area contributed by atoms with Crippen molar-refractivity contribution < 1.29 is 0 Å². The molecule has 1 rings (SSSR count). The quantitative estimate of drug-likeness (QED) is 0.726. The largest absolute Gasteiger partial charge is 0.367 e. The zero-order chi connectivity index (χ0) is 9.90. The normalized spacial score (nSPS) is 11.4. The van der Waals surface area contributed by atoms with Crippen molar-refractivity contribution in [2.24, 2.45) is 5.73 Å². The number of aromatic nitrogens is 2. The van der Waals surface area contributed by atoms with Gasteiger partial charge in [0.05, 0.1) is 5.69 Å². The van der Waals surface area contributed by atoms with E-state index in [-0.39, 0.29) is 5.54 Å². The molecule has 1 aromatic rings. The molecule has 0 spiro atoms. The van der Waals surface area contributed by atoms with E-state index in [0.29, 0.717) is 6.54 Å². The molecule has 4 nitrogen and oxygen atoms in total. The fraction of sp³-hybridized carbons (Fsp3) is 0.556. The van der Waals surface area contributed by atoms with Gasteiger partial charge in [-0.15, -0.1) is 5.10 Å². The summed E-state index contributed by atoms with van der Waals surface area (Å²) in [6, 6.07) is 3.81. The van der Waals surface area contributed by atoms with E-state index in [1.807, 2.05) is 32.9 Å². The van der Waals surface area contributed by atoms with E-state index in [1.54, 1.807) is 0 Å². The third kappa shape index (κ3) is 3.85. The Hall–Kier alpha value is -1.16. The van der Waals surface area contributed by atoms with Gasteiger partial charge in [0.2, 0.25) is 0 Å². The molecule has 0 aromatic carbocycles. The van der Waals surface area contributed by atoms with Crippen LogP contribution in [0.1, 0.15) is 19.5 Å². The van der Waals surface area contributed by atoms with Gasteiger partial charge >= 0.3 is 0 Å². The van der Waals surface area contributed by atoms with Gasteiger partial charge in [0, 0.05) is 12.1 Å². The molecule has 0 aliphatic rings. The third-order valence-corrected chi connectivity index (χ3v) is 1.52. The molecule has 4 heteroatoms. The van der Waals surface area contributed by atoms with Crippen molar-refractivity contribution in [3.05, 3.63) is 17.8 Å². The minimum atomic E-state index is -0.230. The number of nitrogens with two attached hydrogens (primary N) is 1. The van der Waals surface area contributed by atoms with Crippen LogP contribution in [0.3, 0.4) is 0 Å². The van der Waals surface area contributed by atoms with Gasteiger partial charge < -0.3 is 11.1 Å².